The zero-order valence-corrected chi connectivity index (χ0v) is 14.5. The molecule has 0 radical (unpaired) electrons. The maximum absolute atomic E-state index is 11.4. The third-order valence-electron chi connectivity index (χ3n) is 4.44. The lowest BCUT2D eigenvalue weighted by Crippen LogP contribution is -2.20. The Labute approximate surface area is 146 Å². The molecule has 0 atom stereocenters. The summed E-state index contributed by atoms with van der Waals surface area (Å²) in [6.45, 7) is 0. The minimum absolute atomic E-state index is 0. The van der Waals surface area contributed by atoms with Gasteiger partial charge in [0.05, 0.1) is 18.6 Å². The van der Waals surface area contributed by atoms with E-state index in [-0.39, 0.29) is 24.0 Å². The minimum Gasteiger partial charge on any atom is -0.477 e. The van der Waals surface area contributed by atoms with Crippen LogP contribution in [0, 0.1) is 0 Å². The number of aromatic carboxylic acids is 1. The van der Waals surface area contributed by atoms with Gasteiger partial charge in [0.1, 0.15) is 5.69 Å². The van der Waals surface area contributed by atoms with Gasteiger partial charge in [-0.2, -0.15) is 0 Å². The molecule has 7 nitrogen and oxygen atoms in total. The second-order valence-corrected chi connectivity index (χ2v) is 5.91. The van der Waals surface area contributed by atoms with Crippen LogP contribution in [0.3, 0.4) is 0 Å². The van der Waals surface area contributed by atoms with Crippen LogP contribution in [0.2, 0.25) is 0 Å². The lowest BCUT2D eigenvalue weighted by Gasteiger charge is -2.27. The van der Waals surface area contributed by atoms with Gasteiger partial charge in [0.2, 0.25) is 0 Å². The van der Waals surface area contributed by atoms with Crippen molar-refractivity contribution >= 4 is 18.4 Å². The van der Waals surface area contributed by atoms with Crippen LogP contribution in [0.25, 0.3) is 11.5 Å². The lowest BCUT2D eigenvalue weighted by atomic mass is 9.85. The summed E-state index contributed by atoms with van der Waals surface area (Å²) >= 11 is 0. The van der Waals surface area contributed by atoms with E-state index in [2.05, 4.69) is 15.0 Å². The first-order chi connectivity index (χ1) is 11.1. The predicted octanol–water partition coefficient (Wildman–Crippen LogP) is 2.67. The number of methoxy groups -OCH3 is 1. The molecule has 1 aliphatic carbocycles. The van der Waals surface area contributed by atoms with E-state index in [4.69, 9.17) is 4.74 Å². The fourth-order valence-corrected chi connectivity index (χ4v) is 3.07. The molecule has 1 aliphatic rings. The number of nitrogens with zero attached hydrogens (tertiary/aromatic N) is 4. The second-order valence-electron chi connectivity index (χ2n) is 5.91. The van der Waals surface area contributed by atoms with Gasteiger partial charge in [0.15, 0.2) is 11.5 Å². The monoisotopic (exact) mass is 352 g/mol. The van der Waals surface area contributed by atoms with E-state index < -0.39 is 5.97 Å². The largest absolute Gasteiger partial charge is 0.477 e. The molecule has 2 aromatic rings. The molecule has 1 N–H and O–H groups in total. The molecule has 0 spiro atoms. The number of aryl methyl sites for hydroxylation is 1. The zero-order valence-electron chi connectivity index (χ0n) is 13.7. The average molecular weight is 353 g/mol. The van der Waals surface area contributed by atoms with E-state index in [1.54, 1.807) is 30.3 Å². The van der Waals surface area contributed by atoms with Crippen LogP contribution in [-0.4, -0.2) is 43.8 Å². The summed E-state index contributed by atoms with van der Waals surface area (Å²) in [5, 5.41) is 9.35. The van der Waals surface area contributed by atoms with Gasteiger partial charge < -0.3 is 14.4 Å². The van der Waals surface area contributed by atoms with Gasteiger partial charge in [0, 0.05) is 25.8 Å². The van der Waals surface area contributed by atoms with Crippen LogP contribution in [-0.2, 0) is 11.8 Å². The highest BCUT2D eigenvalue weighted by molar-refractivity contribution is 5.86. The van der Waals surface area contributed by atoms with Crippen molar-refractivity contribution in [3.05, 3.63) is 30.0 Å². The Hall–Kier alpha value is -1.99. The summed E-state index contributed by atoms with van der Waals surface area (Å²) in [6, 6.07) is 1.60. The van der Waals surface area contributed by atoms with Crippen molar-refractivity contribution in [3.8, 4) is 11.5 Å². The molecule has 8 heteroatoms. The van der Waals surface area contributed by atoms with E-state index in [1.807, 2.05) is 7.05 Å². The first-order valence-electron chi connectivity index (χ1n) is 7.70. The third-order valence-corrected chi connectivity index (χ3v) is 4.44. The van der Waals surface area contributed by atoms with Gasteiger partial charge in [-0.3, -0.25) is 0 Å². The fraction of sp³-hybridized carbons (Fsp3) is 0.500. The summed E-state index contributed by atoms with van der Waals surface area (Å²) < 4.78 is 7.18. The molecule has 3 rings (SSSR count). The zero-order chi connectivity index (χ0) is 16.4. The Kier molecular flexibility index (Phi) is 5.90. The summed E-state index contributed by atoms with van der Waals surface area (Å²) in [5.41, 5.74) is 1.53. The highest BCUT2D eigenvalue weighted by Crippen LogP contribution is 2.33. The second kappa shape index (κ2) is 7.72. The highest BCUT2D eigenvalue weighted by Gasteiger charge is 2.25. The number of imidazole rings is 1. The van der Waals surface area contributed by atoms with Crippen LogP contribution in [0.5, 0.6) is 0 Å². The van der Waals surface area contributed by atoms with Gasteiger partial charge in [-0.1, -0.05) is 0 Å². The number of aromatic nitrogens is 4. The maximum atomic E-state index is 11.4. The number of carboxylic acids is 1. The van der Waals surface area contributed by atoms with Crippen molar-refractivity contribution in [1.29, 1.82) is 0 Å². The molecule has 0 saturated heterocycles. The molecule has 0 amide bonds. The number of hydrogen-bond acceptors (Lipinski definition) is 5. The molecular formula is C16H21ClN4O3. The van der Waals surface area contributed by atoms with E-state index >= 15 is 0 Å². The van der Waals surface area contributed by atoms with Gasteiger partial charge in [0.25, 0.3) is 0 Å². The lowest BCUT2D eigenvalue weighted by molar-refractivity contribution is 0.0651. The number of rotatable bonds is 4. The molecule has 0 aromatic carbocycles. The van der Waals surface area contributed by atoms with E-state index in [0.29, 0.717) is 17.6 Å². The SMILES string of the molecule is COC1CCC(c2cc(C(=O)O)nc(-c3cncn3C)n2)CC1.Cl. The average Bonchev–Trinajstić information content (AvgIpc) is 3.00. The first-order valence-corrected chi connectivity index (χ1v) is 7.70. The normalized spacial score (nSPS) is 20.4. The van der Waals surface area contributed by atoms with Gasteiger partial charge >= 0.3 is 5.97 Å². The third kappa shape index (κ3) is 3.73. The molecule has 0 unspecified atom stereocenters. The molecule has 130 valence electrons. The van der Waals surface area contributed by atoms with Crippen molar-refractivity contribution in [1.82, 2.24) is 19.5 Å². The molecule has 1 saturated carbocycles. The first kappa shape index (κ1) is 18.4. The molecule has 0 bridgehead atoms. The Morgan fingerprint density at radius 2 is 2.00 bits per heavy atom. The summed E-state index contributed by atoms with van der Waals surface area (Å²) in [5.74, 6) is -0.383. The molecule has 2 aromatic heterocycles. The number of carboxylic acid groups (broad SMARTS) is 1. The summed E-state index contributed by atoms with van der Waals surface area (Å²) in [7, 11) is 3.57. The number of ether oxygens (including phenoxy) is 1. The van der Waals surface area contributed by atoms with Gasteiger partial charge in [-0.15, -0.1) is 12.4 Å². The Morgan fingerprint density at radius 3 is 2.54 bits per heavy atom. The van der Waals surface area contributed by atoms with Crippen LogP contribution >= 0.6 is 12.4 Å². The quantitative estimate of drug-likeness (QED) is 0.909. The van der Waals surface area contributed by atoms with Crippen LogP contribution < -0.4 is 0 Å². The Balaban J connectivity index is 0.00000208. The maximum Gasteiger partial charge on any atom is 0.354 e. The van der Waals surface area contributed by atoms with Crippen molar-refractivity contribution in [3.63, 3.8) is 0 Å². The van der Waals surface area contributed by atoms with Crippen molar-refractivity contribution < 1.29 is 14.6 Å². The Morgan fingerprint density at radius 1 is 1.29 bits per heavy atom. The highest BCUT2D eigenvalue weighted by atomic mass is 35.5. The molecular weight excluding hydrogens is 332 g/mol. The van der Waals surface area contributed by atoms with Gasteiger partial charge in [-0.25, -0.2) is 19.7 Å². The predicted molar refractivity (Wildman–Crippen MR) is 90.4 cm³/mol. The van der Waals surface area contributed by atoms with Crippen molar-refractivity contribution in [2.75, 3.05) is 7.11 Å². The Bertz CT molecular complexity index is 711. The van der Waals surface area contributed by atoms with E-state index in [1.165, 1.54) is 0 Å². The van der Waals surface area contributed by atoms with E-state index in [0.717, 1.165) is 31.4 Å². The van der Waals surface area contributed by atoms with E-state index in [9.17, 15) is 9.90 Å². The summed E-state index contributed by atoms with van der Waals surface area (Å²) in [4.78, 5) is 24.2. The minimum atomic E-state index is -1.04. The van der Waals surface area contributed by atoms with Crippen molar-refractivity contribution in [2.24, 2.45) is 7.05 Å². The standard InChI is InChI=1S/C16H20N4O3.ClH/c1-20-9-17-8-14(20)15-18-12(7-13(19-15)16(21)22)10-3-5-11(23-2)6-4-10;/h7-11H,3-6H2,1-2H3,(H,21,22);1H. The van der Waals surface area contributed by atoms with Crippen LogP contribution in [0.15, 0.2) is 18.6 Å². The number of halogens is 1. The van der Waals surface area contributed by atoms with Crippen LogP contribution in [0.1, 0.15) is 47.8 Å². The number of carbonyl (C=O) groups is 1. The topological polar surface area (TPSA) is 90.1 Å². The smallest absolute Gasteiger partial charge is 0.354 e. The fourth-order valence-electron chi connectivity index (χ4n) is 3.07. The molecule has 2 heterocycles. The van der Waals surface area contributed by atoms with Gasteiger partial charge in [-0.05, 0) is 31.7 Å². The van der Waals surface area contributed by atoms with Crippen molar-refractivity contribution in [2.45, 2.75) is 37.7 Å². The summed E-state index contributed by atoms with van der Waals surface area (Å²) in [6.07, 6.45) is 7.41. The number of hydrogen-bond donors (Lipinski definition) is 1. The van der Waals surface area contributed by atoms with Crippen LogP contribution in [0.4, 0.5) is 0 Å². The molecule has 0 aliphatic heterocycles. The molecule has 24 heavy (non-hydrogen) atoms. The molecule has 1 fully saturated rings.